The second-order valence-electron chi connectivity index (χ2n) is 7.64. The van der Waals surface area contributed by atoms with Crippen molar-refractivity contribution >= 4 is 24.3 Å². The van der Waals surface area contributed by atoms with Gasteiger partial charge in [0, 0.05) is 11.8 Å². The molecule has 162 valence electrons. The van der Waals surface area contributed by atoms with Crippen molar-refractivity contribution in [2.24, 2.45) is 23.7 Å². The van der Waals surface area contributed by atoms with E-state index in [4.69, 9.17) is 14.2 Å². The van der Waals surface area contributed by atoms with Gasteiger partial charge in [0.15, 0.2) is 5.54 Å². The van der Waals surface area contributed by atoms with E-state index in [1.54, 1.807) is 26.0 Å². The van der Waals surface area contributed by atoms with Gasteiger partial charge < -0.3 is 24.3 Å². The number of aldehydes is 1. The minimum absolute atomic E-state index is 0.000849. The number of fused-ring (bicyclic) bond motifs is 2. The molecular formula is C22H27NO7. The van der Waals surface area contributed by atoms with Crippen LogP contribution >= 0.6 is 0 Å². The van der Waals surface area contributed by atoms with Crippen molar-refractivity contribution in [3.63, 3.8) is 0 Å². The van der Waals surface area contributed by atoms with Crippen LogP contribution in [0.15, 0.2) is 30.3 Å². The molecule has 2 saturated carbocycles. The number of carbonyl (C=O) groups is 4. The molecule has 0 radical (unpaired) electrons. The van der Waals surface area contributed by atoms with Gasteiger partial charge in [-0.2, -0.15) is 0 Å². The fourth-order valence-corrected chi connectivity index (χ4v) is 4.95. The zero-order valence-corrected chi connectivity index (χ0v) is 17.2. The quantitative estimate of drug-likeness (QED) is 0.393. The van der Waals surface area contributed by atoms with E-state index in [-0.39, 0.29) is 25.7 Å². The molecule has 2 fully saturated rings. The highest BCUT2D eigenvalue weighted by Crippen LogP contribution is 2.57. The molecule has 1 aromatic carbocycles. The van der Waals surface area contributed by atoms with Crippen LogP contribution in [0.4, 0.5) is 4.79 Å². The van der Waals surface area contributed by atoms with E-state index in [1.165, 1.54) is 0 Å². The summed E-state index contributed by atoms with van der Waals surface area (Å²) in [6, 6.07) is 9.08. The van der Waals surface area contributed by atoms with Crippen LogP contribution < -0.4 is 5.32 Å². The monoisotopic (exact) mass is 417 g/mol. The van der Waals surface area contributed by atoms with E-state index in [0.29, 0.717) is 12.8 Å². The molecule has 8 heteroatoms. The number of alkyl carbamates (subject to hydrolysis) is 1. The zero-order valence-electron chi connectivity index (χ0n) is 17.2. The molecule has 5 atom stereocenters. The largest absolute Gasteiger partial charge is 0.466 e. The lowest BCUT2D eigenvalue weighted by Gasteiger charge is -2.42. The molecule has 8 nitrogen and oxygen atoms in total. The minimum atomic E-state index is -1.69. The number of ether oxygens (including phenoxy) is 3. The summed E-state index contributed by atoms with van der Waals surface area (Å²) in [4.78, 5) is 50.3. The van der Waals surface area contributed by atoms with Crippen LogP contribution in [0.1, 0.15) is 32.3 Å². The summed E-state index contributed by atoms with van der Waals surface area (Å²) >= 11 is 0. The Morgan fingerprint density at radius 3 is 2.40 bits per heavy atom. The normalized spacial score (nSPS) is 29.1. The molecule has 0 aliphatic heterocycles. The van der Waals surface area contributed by atoms with Gasteiger partial charge in [-0.1, -0.05) is 30.3 Å². The number of nitrogens with one attached hydrogen (secondary N) is 1. The number of benzene rings is 1. The topological polar surface area (TPSA) is 108 Å². The standard InChI is InChI=1S/C22H27NO7/c1-3-28-19(25)18-15-10-16(12-24)17(11-15)22(18,20(26)29-4-2)23-21(27)30-13-14-8-6-5-7-9-14/h5-9,12,15-18H,3-4,10-11,13H2,1-2H3,(H,23,27)/t15-,16+,17-,18+,22+/m1/s1. The summed E-state index contributed by atoms with van der Waals surface area (Å²) in [7, 11) is 0. The average Bonchev–Trinajstić information content (AvgIpc) is 3.30. The van der Waals surface area contributed by atoms with Crippen LogP contribution in [0.3, 0.4) is 0 Å². The van der Waals surface area contributed by atoms with E-state index >= 15 is 0 Å². The van der Waals surface area contributed by atoms with Crippen LogP contribution in [-0.4, -0.2) is 43.1 Å². The fourth-order valence-electron chi connectivity index (χ4n) is 4.95. The molecule has 1 aromatic rings. The highest BCUT2D eigenvalue weighted by atomic mass is 16.6. The van der Waals surface area contributed by atoms with E-state index < -0.39 is 41.3 Å². The van der Waals surface area contributed by atoms with Crippen LogP contribution in [0.2, 0.25) is 0 Å². The number of amides is 1. The van der Waals surface area contributed by atoms with Crippen molar-refractivity contribution < 1.29 is 33.4 Å². The van der Waals surface area contributed by atoms with Gasteiger partial charge in [-0.3, -0.25) is 4.79 Å². The van der Waals surface area contributed by atoms with Crippen molar-refractivity contribution in [1.29, 1.82) is 0 Å². The van der Waals surface area contributed by atoms with Crippen molar-refractivity contribution in [3.05, 3.63) is 35.9 Å². The Balaban J connectivity index is 1.89. The molecule has 1 N–H and O–H groups in total. The molecule has 3 rings (SSSR count). The molecule has 0 heterocycles. The third-order valence-electron chi connectivity index (χ3n) is 6.05. The third-order valence-corrected chi connectivity index (χ3v) is 6.05. The Kier molecular flexibility index (Phi) is 6.74. The maximum absolute atomic E-state index is 13.1. The van der Waals surface area contributed by atoms with Gasteiger partial charge in [0.25, 0.3) is 0 Å². The molecule has 2 aliphatic carbocycles. The maximum Gasteiger partial charge on any atom is 0.408 e. The van der Waals surface area contributed by atoms with Gasteiger partial charge in [-0.05, 0) is 38.2 Å². The van der Waals surface area contributed by atoms with Gasteiger partial charge in [0.2, 0.25) is 0 Å². The Bertz CT molecular complexity index is 796. The SMILES string of the molecule is CCOC(=O)[C@@H]1[C@@H]2C[C@@H](C=O)[C@@H](C2)[C@@]1(NC(=O)OCc1ccccc1)C(=O)OCC. The predicted molar refractivity (Wildman–Crippen MR) is 105 cm³/mol. The first-order valence-corrected chi connectivity index (χ1v) is 10.3. The Hall–Kier alpha value is -2.90. The number of hydrogen-bond acceptors (Lipinski definition) is 7. The molecule has 0 unspecified atom stereocenters. The second-order valence-corrected chi connectivity index (χ2v) is 7.64. The zero-order chi connectivity index (χ0) is 21.7. The van der Waals surface area contributed by atoms with Crippen molar-refractivity contribution in [2.45, 2.75) is 38.8 Å². The maximum atomic E-state index is 13.1. The first-order valence-electron chi connectivity index (χ1n) is 10.3. The Morgan fingerprint density at radius 2 is 1.77 bits per heavy atom. The van der Waals surface area contributed by atoms with Crippen molar-refractivity contribution in [1.82, 2.24) is 5.32 Å². The van der Waals surface area contributed by atoms with Crippen LogP contribution in [-0.2, 0) is 35.2 Å². The first-order chi connectivity index (χ1) is 14.5. The number of carbonyl (C=O) groups excluding carboxylic acids is 4. The highest BCUT2D eigenvalue weighted by molar-refractivity contribution is 5.94. The molecule has 2 bridgehead atoms. The second kappa shape index (κ2) is 9.28. The molecule has 1 amide bonds. The summed E-state index contributed by atoms with van der Waals surface area (Å²) in [6.45, 7) is 3.53. The third kappa shape index (κ3) is 3.91. The average molecular weight is 417 g/mol. The summed E-state index contributed by atoms with van der Waals surface area (Å²) in [5.74, 6) is -3.52. The Morgan fingerprint density at radius 1 is 1.07 bits per heavy atom. The van der Waals surface area contributed by atoms with Gasteiger partial charge >= 0.3 is 18.0 Å². The molecule has 2 aliphatic rings. The van der Waals surface area contributed by atoms with Crippen LogP contribution in [0.5, 0.6) is 0 Å². The lowest BCUT2D eigenvalue weighted by Crippen LogP contribution is -2.66. The fraction of sp³-hybridized carbons (Fsp3) is 0.545. The predicted octanol–water partition coefficient (Wildman–Crippen LogP) is 2.25. The molecule has 0 aromatic heterocycles. The summed E-state index contributed by atoms with van der Waals surface area (Å²) in [6.07, 6.45) is 0.861. The highest BCUT2D eigenvalue weighted by Gasteiger charge is 2.70. The van der Waals surface area contributed by atoms with E-state index in [9.17, 15) is 19.2 Å². The molecule has 0 spiro atoms. The summed E-state index contributed by atoms with van der Waals surface area (Å²) in [5, 5.41) is 2.64. The minimum Gasteiger partial charge on any atom is -0.466 e. The van der Waals surface area contributed by atoms with Crippen LogP contribution in [0.25, 0.3) is 0 Å². The lowest BCUT2D eigenvalue weighted by molar-refractivity contribution is -0.168. The van der Waals surface area contributed by atoms with Gasteiger partial charge in [0.05, 0.1) is 19.1 Å². The molecule has 0 saturated heterocycles. The smallest absolute Gasteiger partial charge is 0.408 e. The number of esters is 2. The molecular weight excluding hydrogens is 390 g/mol. The van der Waals surface area contributed by atoms with E-state index in [0.717, 1.165) is 11.8 Å². The molecule has 30 heavy (non-hydrogen) atoms. The van der Waals surface area contributed by atoms with Gasteiger partial charge in [-0.25, -0.2) is 9.59 Å². The number of hydrogen-bond donors (Lipinski definition) is 1. The van der Waals surface area contributed by atoms with Crippen molar-refractivity contribution in [3.8, 4) is 0 Å². The Labute approximate surface area is 175 Å². The van der Waals surface area contributed by atoms with Crippen molar-refractivity contribution in [2.75, 3.05) is 13.2 Å². The van der Waals surface area contributed by atoms with Crippen LogP contribution in [0, 0.1) is 23.7 Å². The van der Waals surface area contributed by atoms with Gasteiger partial charge in [-0.15, -0.1) is 0 Å². The first kappa shape index (κ1) is 21.8. The van der Waals surface area contributed by atoms with E-state index in [1.807, 2.05) is 18.2 Å². The van der Waals surface area contributed by atoms with E-state index in [2.05, 4.69) is 5.32 Å². The summed E-state index contributed by atoms with van der Waals surface area (Å²) in [5.41, 5.74) is -0.914. The van der Waals surface area contributed by atoms with Gasteiger partial charge in [0.1, 0.15) is 12.9 Å². The summed E-state index contributed by atoms with van der Waals surface area (Å²) < 4.78 is 15.8. The lowest BCUT2D eigenvalue weighted by atomic mass is 9.68. The number of rotatable bonds is 8.